The highest BCUT2D eigenvalue weighted by molar-refractivity contribution is 6.30. The number of hydrogen-bond acceptors (Lipinski definition) is 2. The Labute approximate surface area is 134 Å². The van der Waals surface area contributed by atoms with E-state index in [1.54, 1.807) is 24.3 Å². The predicted molar refractivity (Wildman–Crippen MR) is 87.9 cm³/mol. The molecule has 1 N–H and O–H groups in total. The number of amides is 1. The molecule has 5 heteroatoms. The first-order valence-electron chi connectivity index (χ1n) is 6.51. The largest absolute Gasteiger partial charge is 0.325 e. The highest BCUT2D eigenvalue weighted by Crippen LogP contribution is 2.14. The maximum absolute atomic E-state index is 11.9. The zero-order valence-electron chi connectivity index (χ0n) is 11.6. The van der Waals surface area contributed by atoms with Gasteiger partial charge in [-0.05, 0) is 49.0 Å². The molecule has 110 valence electrons. The summed E-state index contributed by atoms with van der Waals surface area (Å²) < 4.78 is 0. The van der Waals surface area contributed by atoms with Crippen molar-refractivity contribution in [1.29, 1.82) is 0 Å². The van der Waals surface area contributed by atoms with Crippen LogP contribution in [0.1, 0.15) is 5.56 Å². The second kappa shape index (κ2) is 7.46. The van der Waals surface area contributed by atoms with Crippen molar-refractivity contribution in [3.05, 3.63) is 64.1 Å². The van der Waals surface area contributed by atoms with Gasteiger partial charge in [-0.2, -0.15) is 0 Å². The molecular formula is C16H16Cl2N2O. The molecule has 2 aromatic rings. The molecule has 0 aromatic heterocycles. The van der Waals surface area contributed by atoms with E-state index in [0.29, 0.717) is 23.1 Å². The summed E-state index contributed by atoms with van der Waals surface area (Å²) in [6.07, 6.45) is 0. The Morgan fingerprint density at radius 2 is 1.52 bits per heavy atom. The molecule has 0 spiro atoms. The SMILES string of the molecule is CN(CC(=O)Nc1ccc(Cl)cc1)Cc1ccc(Cl)cc1. The minimum Gasteiger partial charge on any atom is -0.325 e. The number of halogens is 2. The van der Waals surface area contributed by atoms with Crippen molar-refractivity contribution in [2.75, 3.05) is 18.9 Å². The van der Waals surface area contributed by atoms with Crippen molar-refractivity contribution in [3.63, 3.8) is 0 Å². The molecule has 1 amide bonds. The van der Waals surface area contributed by atoms with Gasteiger partial charge in [-0.1, -0.05) is 35.3 Å². The summed E-state index contributed by atoms with van der Waals surface area (Å²) in [7, 11) is 1.90. The fraction of sp³-hybridized carbons (Fsp3) is 0.188. The summed E-state index contributed by atoms with van der Waals surface area (Å²) >= 11 is 11.7. The second-order valence-electron chi connectivity index (χ2n) is 4.85. The Balaban J connectivity index is 1.84. The smallest absolute Gasteiger partial charge is 0.238 e. The van der Waals surface area contributed by atoms with Gasteiger partial charge in [0, 0.05) is 22.3 Å². The highest BCUT2D eigenvalue weighted by Gasteiger charge is 2.07. The molecule has 0 atom stereocenters. The molecule has 0 aliphatic heterocycles. The van der Waals surface area contributed by atoms with Gasteiger partial charge in [-0.25, -0.2) is 0 Å². The molecule has 0 bridgehead atoms. The van der Waals surface area contributed by atoms with Crippen LogP contribution in [0.2, 0.25) is 10.0 Å². The van der Waals surface area contributed by atoms with Crippen LogP contribution >= 0.6 is 23.2 Å². The number of nitrogens with zero attached hydrogens (tertiary/aromatic N) is 1. The lowest BCUT2D eigenvalue weighted by Gasteiger charge is -2.16. The van der Waals surface area contributed by atoms with Crippen molar-refractivity contribution in [2.45, 2.75) is 6.54 Å². The van der Waals surface area contributed by atoms with Gasteiger partial charge in [-0.15, -0.1) is 0 Å². The van der Waals surface area contributed by atoms with Gasteiger partial charge in [-0.3, -0.25) is 9.69 Å². The average molecular weight is 323 g/mol. The Morgan fingerprint density at radius 1 is 1.00 bits per heavy atom. The summed E-state index contributed by atoms with van der Waals surface area (Å²) in [6.45, 7) is 0.996. The number of benzene rings is 2. The van der Waals surface area contributed by atoms with E-state index in [1.807, 2.05) is 36.2 Å². The lowest BCUT2D eigenvalue weighted by atomic mass is 10.2. The van der Waals surface area contributed by atoms with E-state index in [-0.39, 0.29) is 5.91 Å². The molecule has 0 saturated carbocycles. The van der Waals surface area contributed by atoms with Crippen LogP contribution in [-0.2, 0) is 11.3 Å². The number of rotatable bonds is 5. The number of carbonyl (C=O) groups is 1. The van der Waals surface area contributed by atoms with Gasteiger partial charge in [0.1, 0.15) is 0 Å². The van der Waals surface area contributed by atoms with Crippen molar-refractivity contribution >= 4 is 34.8 Å². The molecular weight excluding hydrogens is 307 g/mol. The van der Waals surface area contributed by atoms with Gasteiger partial charge in [0.25, 0.3) is 0 Å². The first-order chi connectivity index (χ1) is 10.0. The van der Waals surface area contributed by atoms with E-state index in [9.17, 15) is 4.79 Å². The van der Waals surface area contributed by atoms with E-state index in [0.717, 1.165) is 11.3 Å². The van der Waals surface area contributed by atoms with Crippen molar-refractivity contribution < 1.29 is 4.79 Å². The normalized spacial score (nSPS) is 10.7. The molecule has 3 nitrogen and oxygen atoms in total. The Bertz CT molecular complexity index is 597. The van der Waals surface area contributed by atoms with E-state index in [2.05, 4.69) is 5.32 Å². The number of nitrogens with one attached hydrogen (secondary N) is 1. The fourth-order valence-electron chi connectivity index (χ4n) is 1.94. The Kier molecular flexibility index (Phi) is 5.62. The molecule has 0 radical (unpaired) electrons. The summed E-state index contributed by atoms with van der Waals surface area (Å²) in [4.78, 5) is 13.9. The average Bonchev–Trinajstić information content (AvgIpc) is 2.44. The van der Waals surface area contributed by atoms with Crippen LogP contribution < -0.4 is 5.32 Å². The first-order valence-corrected chi connectivity index (χ1v) is 7.27. The van der Waals surface area contributed by atoms with Crippen LogP contribution in [0.3, 0.4) is 0 Å². The third-order valence-corrected chi connectivity index (χ3v) is 3.41. The molecule has 0 saturated heterocycles. The standard InChI is InChI=1S/C16H16Cl2N2O/c1-20(10-12-2-4-13(17)5-3-12)11-16(21)19-15-8-6-14(18)7-9-15/h2-9H,10-11H2,1H3,(H,19,21). The molecule has 2 aromatic carbocycles. The maximum Gasteiger partial charge on any atom is 0.238 e. The van der Waals surface area contributed by atoms with Gasteiger partial charge in [0.15, 0.2) is 0 Å². The monoisotopic (exact) mass is 322 g/mol. The number of hydrogen-bond donors (Lipinski definition) is 1. The third kappa shape index (κ3) is 5.38. The molecule has 21 heavy (non-hydrogen) atoms. The van der Waals surface area contributed by atoms with Crippen molar-refractivity contribution in [1.82, 2.24) is 4.90 Å². The molecule has 0 unspecified atom stereocenters. The third-order valence-electron chi connectivity index (χ3n) is 2.91. The van der Waals surface area contributed by atoms with E-state index in [1.165, 1.54) is 0 Å². The summed E-state index contributed by atoms with van der Waals surface area (Å²) in [5.41, 5.74) is 1.85. The lowest BCUT2D eigenvalue weighted by molar-refractivity contribution is -0.117. The van der Waals surface area contributed by atoms with E-state index in [4.69, 9.17) is 23.2 Å². The minimum absolute atomic E-state index is 0.0613. The van der Waals surface area contributed by atoms with Gasteiger partial charge in [0.05, 0.1) is 6.54 Å². The lowest BCUT2D eigenvalue weighted by Crippen LogP contribution is -2.29. The number of likely N-dealkylation sites (N-methyl/N-ethyl adjacent to an activating group) is 1. The van der Waals surface area contributed by atoms with Gasteiger partial charge in [0.2, 0.25) is 5.91 Å². The quantitative estimate of drug-likeness (QED) is 0.900. The van der Waals surface area contributed by atoms with E-state index >= 15 is 0 Å². The summed E-state index contributed by atoms with van der Waals surface area (Å²) in [6, 6.07) is 14.6. The topological polar surface area (TPSA) is 32.3 Å². The molecule has 0 aliphatic rings. The van der Waals surface area contributed by atoms with E-state index < -0.39 is 0 Å². The van der Waals surface area contributed by atoms with Crippen molar-refractivity contribution in [3.8, 4) is 0 Å². The molecule has 0 heterocycles. The van der Waals surface area contributed by atoms with Crippen LogP contribution in [0, 0.1) is 0 Å². The second-order valence-corrected chi connectivity index (χ2v) is 5.73. The van der Waals surface area contributed by atoms with Crippen LogP contribution in [0.4, 0.5) is 5.69 Å². The fourth-order valence-corrected chi connectivity index (χ4v) is 2.19. The van der Waals surface area contributed by atoms with Crippen LogP contribution in [-0.4, -0.2) is 24.4 Å². The summed E-state index contributed by atoms with van der Waals surface area (Å²) in [5, 5.41) is 4.19. The zero-order valence-corrected chi connectivity index (χ0v) is 13.2. The zero-order chi connectivity index (χ0) is 15.2. The van der Waals surface area contributed by atoms with Crippen molar-refractivity contribution in [2.24, 2.45) is 0 Å². The molecule has 2 rings (SSSR count). The first kappa shape index (κ1) is 15.8. The minimum atomic E-state index is -0.0613. The maximum atomic E-state index is 11.9. The number of carbonyl (C=O) groups excluding carboxylic acids is 1. The number of anilines is 1. The Morgan fingerprint density at radius 3 is 2.10 bits per heavy atom. The van der Waals surface area contributed by atoms with Crippen LogP contribution in [0.5, 0.6) is 0 Å². The Hall–Kier alpha value is -1.55. The van der Waals surface area contributed by atoms with Crippen LogP contribution in [0.15, 0.2) is 48.5 Å². The molecule has 0 fully saturated rings. The summed E-state index contributed by atoms with van der Waals surface area (Å²) in [5.74, 6) is -0.0613. The highest BCUT2D eigenvalue weighted by atomic mass is 35.5. The van der Waals surface area contributed by atoms with Crippen LogP contribution in [0.25, 0.3) is 0 Å². The predicted octanol–water partition coefficient (Wildman–Crippen LogP) is 4.06. The van der Waals surface area contributed by atoms with Gasteiger partial charge < -0.3 is 5.32 Å². The molecule has 0 aliphatic carbocycles. The van der Waals surface area contributed by atoms with Gasteiger partial charge >= 0.3 is 0 Å².